The van der Waals surface area contributed by atoms with Crippen LogP contribution in [0.15, 0.2) is 28.2 Å². The van der Waals surface area contributed by atoms with Crippen molar-refractivity contribution in [2.45, 2.75) is 19.8 Å². The predicted octanol–water partition coefficient (Wildman–Crippen LogP) is 3.30. The summed E-state index contributed by atoms with van der Waals surface area (Å²) in [6.07, 6.45) is 4.13. The van der Waals surface area contributed by atoms with Crippen molar-refractivity contribution >= 4 is 23.5 Å². The van der Waals surface area contributed by atoms with Gasteiger partial charge in [0.1, 0.15) is 0 Å². The average Bonchev–Trinajstić information content (AvgIpc) is 2.75. The minimum absolute atomic E-state index is 0.713. The lowest BCUT2D eigenvalue weighted by Crippen LogP contribution is -1.99. The highest BCUT2D eigenvalue weighted by atomic mass is 35.5. The number of hydrogen-bond donors (Lipinski definition) is 0. The molecule has 16 heavy (non-hydrogen) atoms. The zero-order valence-corrected chi connectivity index (χ0v) is 10.2. The lowest BCUT2D eigenvalue weighted by atomic mass is 10.1. The standard InChI is InChI=1S/C13H15ClN2/c1-10-4-2-6-13(14)12(10)9-15-8-11-5-3-7-16-11/h2,4,6,9H,3,5,7-8H2,1H3. The van der Waals surface area contributed by atoms with Crippen molar-refractivity contribution in [2.24, 2.45) is 9.98 Å². The Balaban J connectivity index is 2.05. The molecule has 1 aromatic carbocycles. The van der Waals surface area contributed by atoms with Gasteiger partial charge in [0.25, 0.3) is 0 Å². The zero-order chi connectivity index (χ0) is 11.4. The van der Waals surface area contributed by atoms with Crippen molar-refractivity contribution in [2.75, 3.05) is 13.1 Å². The molecule has 0 bridgehead atoms. The summed E-state index contributed by atoms with van der Waals surface area (Å²) in [5.74, 6) is 0. The first kappa shape index (κ1) is 11.3. The maximum Gasteiger partial charge on any atom is 0.0768 e. The fourth-order valence-corrected chi connectivity index (χ4v) is 2.05. The van der Waals surface area contributed by atoms with Gasteiger partial charge < -0.3 is 0 Å². The molecule has 0 aromatic heterocycles. The molecule has 0 spiro atoms. The highest BCUT2D eigenvalue weighted by molar-refractivity contribution is 6.33. The average molecular weight is 235 g/mol. The Morgan fingerprint density at radius 3 is 3.06 bits per heavy atom. The first-order valence-corrected chi connectivity index (χ1v) is 5.92. The van der Waals surface area contributed by atoms with E-state index in [9.17, 15) is 0 Å². The van der Waals surface area contributed by atoms with Crippen molar-refractivity contribution in [3.05, 3.63) is 34.3 Å². The number of hydrogen-bond acceptors (Lipinski definition) is 2. The summed E-state index contributed by atoms with van der Waals surface area (Å²) in [6.45, 7) is 3.72. The second-order valence-electron chi connectivity index (χ2n) is 3.99. The van der Waals surface area contributed by atoms with E-state index in [1.165, 1.54) is 12.1 Å². The molecule has 0 saturated carbocycles. The van der Waals surface area contributed by atoms with E-state index in [1.807, 2.05) is 31.3 Å². The van der Waals surface area contributed by atoms with Gasteiger partial charge in [-0.15, -0.1) is 0 Å². The van der Waals surface area contributed by atoms with Gasteiger partial charge in [0.05, 0.1) is 6.54 Å². The van der Waals surface area contributed by atoms with Gasteiger partial charge >= 0.3 is 0 Å². The molecule has 0 atom stereocenters. The third kappa shape index (κ3) is 2.70. The molecule has 0 N–H and O–H groups in total. The maximum atomic E-state index is 6.10. The van der Waals surface area contributed by atoms with E-state index in [1.54, 1.807) is 0 Å². The van der Waals surface area contributed by atoms with Crippen LogP contribution in [-0.4, -0.2) is 25.0 Å². The van der Waals surface area contributed by atoms with Crippen molar-refractivity contribution in [1.82, 2.24) is 0 Å². The summed E-state index contributed by atoms with van der Waals surface area (Å²) < 4.78 is 0. The summed E-state index contributed by atoms with van der Waals surface area (Å²) in [4.78, 5) is 8.79. The molecule has 1 heterocycles. The van der Waals surface area contributed by atoms with Crippen LogP contribution in [0.4, 0.5) is 0 Å². The topological polar surface area (TPSA) is 24.7 Å². The molecule has 0 fully saturated rings. The summed E-state index contributed by atoms with van der Waals surface area (Å²) in [5.41, 5.74) is 3.38. The Kier molecular flexibility index (Phi) is 3.73. The highest BCUT2D eigenvalue weighted by Crippen LogP contribution is 2.17. The molecule has 0 unspecified atom stereocenters. The Morgan fingerprint density at radius 2 is 2.38 bits per heavy atom. The van der Waals surface area contributed by atoms with Crippen molar-refractivity contribution in [3.63, 3.8) is 0 Å². The largest absolute Gasteiger partial charge is 0.292 e. The number of benzene rings is 1. The molecule has 0 radical (unpaired) electrons. The van der Waals surface area contributed by atoms with Crippen molar-refractivity contribution in [1.29, 1.82) is 0 Å². The molecule has 2 nitrogen and oxygen atoms in total. The third-order valence-electron chi connectivity index (χ3n) is 2.72. The van der Waals surface area contributed by atoms with Crippen LogP contribution in [0, 0.1) is 6.92 Å². The Hall–Kier alpha value is -1.15. The van der Waals surface area contributed by atoms with Gasteiger partial charge in [-0.3, -0.25) is 9.98 Å². The van der Waals surface area contributed by atoms with Gasteiger partial charge in [-0.25, -0.2) is 0 Å². The van der Waals surface area contributed by atoms with Crippen LogP contribution in [0.3, 0.4) is 0 Å². The minimum atomic E-state index is 0.713. The van der Waals surface area contributed by atoms with Gasteiger partial charge in [-0.1, -0.05) is 23.7 Å². The summed E-state index contributed by atoms with van der Waals surface area (Å²) in [5, 5.41) is 0.761. The normalized spacial score (nSPS) is 15.8. The van der Waals surface area contributed by atoms with Crippen molar-refractivity contribution < 1.29 is 0 Å². The molecular formula is C13H15ClN2. The van der Waals surface area contributed by atoms with Gasteiger partial charge in [0.15, 0.2) is 0 Å². The monoisotopic (exact) mass is 234 g/mol. The summed E-state index contributed by atoms with van der Waals surface area (Å²) in [6, 6.07) is 5.89. The molecule has 84 valence electrons. The Labute approximate surface area is 101 Å². The lowest BCUT2D eigenvalue weighted by molar-refractivity contribution is 0.949. The summed E-state index contributed by atoms with van der Waals surface area (Å²) >= 11 is 6.10. The first-order chi connectivity index (χ1) is 7.77. The van der Waals surface area contributed by atoms with E-state index >= 15 is 0 Å². The van der Waals surface area contributed by atoms with E-state index in [0.717, 1.165) is 29.1 Å². The first-order valence-electron chi connectivity index (χ1n) is 5.54. The smallest absolute Gasteiger partial charge is 0.0768 e. The van der Waals surface area contributed by atoms with Gasteiger partial charge in [-0.2, -0.15) is 0 Å². The minimum Gasteiger partial charge on any atom is -0.292 e. The van der Waals surface area contributed by atoms with Gasteiger partial charge in [0, 0.05) is 29.1 Å². The molecule has 2 rings (SSSR count). The van der Waals surface area contributed by atoms with Gasteiger partial charge in [0.2, 0.25) is 0 Å². The van der Waals surface area contributed by atoms with Crippen LogP contribution in [0.1, 0.15) is 24.0 Å². The molecule has 1 aliphatic rings. The van der Waals surface area contributed by atoms with Crippen LogP contribution < -0.4 is 0 Å². The predicted molar refractivity (Wildman–Crippen MR) is 70.2 cm³/mol. The van der Waals surface area contributed by atoms with Crippen LogP contribution in [0.2, 0.25) is 5.02 Å². The fraction of sp³-hybridized carbons (Fsp3) is 0.385. The molecule has 3 heteroatoms. The molecular weight excluding hydrogens is 220 g/mol. The van der Waals surface area contributed by atoms with Crippen LogP contribution in [0.5, 0.6) is 0 Å². The molecule has 0 aliphatic carbocycles. The molecule has 0 amide bonds. The summed E-state index contributed by atoms with van der Waals surface area (Å²) in [7, 11) is 0. The molecule has 1 aromatic rings. The number of rotatable bonds is 3. The fourth-order valence-electron chi connectivity index (χ4n) is 1.78. The lowest BCUT2D eigenvalue weighted by Gasteiger charge is -2.01. The Bertz CT molecular complexity index is 415. The van der Waals surface area contributed by atoms with Gasteiger partial charge in [-0.05, 0) is 31.4 Å². The highest BCUT2D eigenvalue weighted by Gasteiger charge is 2.04. The zero-order valence-electron chi connectivity index (χ0n) is 9.41. The SMILES string of the molecule is Cc1cccc(Cl)c1C=NCC1=NCCC1. The third-order valence-corrected chi connectivity index (χ3v) is 3.05. The second-order valence-corrected chi connectivity index (χ2v) is 4.40. The van der Waals surface area contributed by atoms with Crippen LogP contribution >= 0.6 is 11.6 Å². The van der Waals surface area contributed by atoms with E-state index in [-0.39, 0.29) is 0 Å². The Morgan fingerprint density at radius 1 is 1.50 bits per heavy atom. The van der Waals surface area contributed by atoms with E-state index in [2.05, 4.69) is 9.98 Å². The maximum absolute atomic E-state index is 6.10. The number of nitrogens with zero attached hydrogens (tertiary/aromatic N) is 2. The van der Waals surface area contributed by atoms with E-state index in [0.29, 0.717) is 6.54 Å². The molecule has 0 saturated heterocycles. The van der Waals surface area contributed by atoms with Crippen LogP contribution in [-0.2, 0) is 0 Å². The quantitative estimate of drug-likeness (QED) is 0.717. The van der Waals surface area contributed by atoms with Crippen LogP contribution in [0.25, 0.3) is 0 Å². The van der Waals surface area contributed by atoms with E-state index < -0.39 is 0 Å². The van der Waals surface area contributed by atoms with Crippen molar-refractivity contribution in [3.8, 4) is 0 Å². The second kappa shape index (κ2) is 5.26. The number of halogens is 1. The number of aryl methyl sites for hydroxylation is 1. The van der Waals surface area contributed by atoms with E-state index in [4.69, 9.17) is 11.6 Å². The number of aliphatic imine (C=N–C) groups is 2. The molecule has 1 aliphatic heterocycles.